The Bertz CT molecular complexity index is 3180. The Hall–Kier alpha value is -7.28. The molecule has 0 heterocycles. The van der Waals surface area contributed by atoms with Crippen LogP contribution in [0.15, 0.2) is 218 Å². The van der Waals surface area contributed by atoms with Gasteiger partial charge >= 0.3 is 0 Å². The molecule has 0 bridgehead atoms. The number of hydrogen-bond donors (Lipinski definition) is 0. The van der Waals surface area contributed by atoms with E-state index in [1.165, 1.54) is 111 Å². The highest BCUT2D eigenvalue weighted by molar-refractivity contribution is 5.90. The fourth-order valence-electron chi connectivity index (χ4n) is 9.25. The Kier molecular flexibility index (Phi) is 8.27. The first-order valence-corrected chi connectivity index (χ1v) is 20.6. The van der Waals surface area contributed by atoms with Gasteiger partial charge in [0.15, 0.2) is 0 Å². The maximum atomic E-state index is 2.42. The highest BCUT2D eigenvalue weighted by atomic mass is 14.4. The minimum absolute atomic E-state index is 0.111. The van der Waals surface area contributed by atoms with E-state index >= 15 is 0 Å². The van der Waals surface area contributed by atoms with E-state index < -0.39 is 0 Å². The summed E-state index contributed by atoms with van der Waals surface area (Å²) in [5.74, 6) is 0. The zero-order chi connectivity index (χ0) is 39.5. The van der Waals surface area contributed by atoms with Gasteiger partial charge in [-0.2, -0.15) is 0 Å². The molecule has 0 radical (unpaired) electrons. The molecule has 0 unspecified atom stereocenters. The molecule has 0 atom stereocenters. The van der Waals surface area contributed by atoms with Crippen molar-refractivity contribution < 1.29 is 0 Å². The van der Waals surface area contributed by atoms with Gasteiger partial charge in [-0.05, 0) is 135 Å². The van der Waals surface area contributed by atoms with Gasteiger partial charge in [-0.25, -0.2) is 0 Å². The minimum Gasteiger partial charge on any atom is -0.0616 e. The van der Waals surface area contributed by atoms with Crippen molar-refractivity contribution in [2.75, 3.05) is 0 Å². The van der Waals surface area contributed by atoms with Crippen LogP contribution < -0.4 is 0 Å². The molecule has 0 aromatic heterocycles. The van der Waals surface area contributed by atoms with Crippen LogP contribution in [0.1, 0.15) is 25.0 Å². The van der Waals surface area contributed by atoms with Crippen molar-refractivity contribution in [2.45, 2.75) is 19.3 Å². The van der Waals surface area contributed by atoms with Crippen molar-refractivity contribution in [1.82, 2.24) is 0 Å². The average Bonchev–Trinajstić information content (AvgIpc) is 3.53. The number of benzene rings is 10. The second kappa shape index (κ2) is 14.0. The van der Waals surface area contributed by atoms with Crippen LogP contribution >= 0.6 is 0 Å². The summed E-state index contributed by atoms with van der Waals surface area (Å²) < 4.78 is 0. The molecule has 0 N–H and O–H groups in total. The summed E-state index contributed by atoms with van der Waals surface area (Å²) in [4.78, 5) is 0. The molecule has 1 aliphatic rings. The van der Waals surface area contributed by atoms with Crippen LogP contribution in [0.3, 0.4) is 0 Å². The third kappa shape index (κ3) is 6.26. The summed E-state index contributed by atoms with van der Waals surface area (Å²) in [5, 5.41) is 5.08. The standard InChI is InChI=1S/C59H42/c1-59(2)57-37-53(31-33-55(57)56-34-32-54(38-58(56)59)48-25-23-46(24-26-48)52-30-28-40-8-4-6-10-50(40)36-52)47-21-17-44(18-22-47)42-13-11-41(12-14-42)43-15-19-45(20-16-43)51-29-27-39-7-3-5-9-49(39)35-51/h3-38H,1-2H3. The molecule has 0 saturated carbocycles. The lowest BCUT2D eigenvalue weighted by Crippen LogP contribution is -2.15. The van der Waals surface area contributed by atoms with E-state index in [-0.39, 0.29) is 5.41 Å². The van der Waals surface area contributed by atoms with Crippen LogP contribution in [0.4, 0.5) is 0 Å². The molecule has 11 rings (SSSR count). The Labute approximate surface area is 346 Å². The van der Waals surface area contributed by atoms with Gasteiger partial charge in [-0.15, -0.1) is 0 Å². The van der Waals surface area contributed by atoms with E-state index in [4.69, 9.17) is 0 Å². The molecule has 10 aromatic carbocycles. The number of hydrogen-bond acceptors (Lipinski definition) is 0. The van der Waals surface area contributed by atoms with Crippen molar-refractivity contribution in [3.8, 4) is 77.9 Å². The molecule has 1 aliphatic carbocycles. The summed E-state index contributed by atoms with van der Waals surface area (Å²) in [7, 11) is 0. The van der Waals surface area contributed by atoms with Crippen molar-refractivity contribution in [2.24, 2.45) is 0 Å². The molecular weight excluding hydrogens is 709 g/mol. The van der Waals surface area contributed by atoms with Crippen LogP contribution in [-0.2, 0) is 5.41 Å². The highest BCUT2D eigenvalue weighted by Gasteiger charge is 2.36. The number of rotatable bonds is 6. The first kappa shape index (κ1) is 34.9. The van der Waals surface area contributed by atoms with E-state index in [2.05, 4.69) is 232 Å². The fourth-order valence-corrected chi connectivity index (χ4v) is 9.25. The Morgan fingerprint density at radius 1 is 0.220 bits per heavy atom. The Morgan fingerprint density at radius 2 is 0.458 bits per heavy atom. The van der Waals surface area contributed by atoms with Gasteiger partial charge in [0, 0.05) is 5.41 Å². The zero-order valence-corrected chi connectivity index (χ0v) is 33.3. The molecule has 10 aromatic rings. The summed E-state index contributed by atoms with van der Waals surface area (Å²) >= 11 is 0. The normalized spacial score (nSPS) is 12.7. The average molecular weight is 751 g/mol. The third-order valence-electron chi connectivity index (χ3n) is 12.7. The lowest BCUT2D eigenvalue weighted by molar-refractivity contribution is 0.661. The van der Waals surface area contributed by atoms with Gasteiger partial charge in [0.05, 0.1) is 0 Å². The molecule has 0 spiro atoms. The molecule has 0 amide bonds. The predicted octanol–water partition coefficient (Wildman–Crippen LogP) is 16.3. The van der Waals surface area contributed by atoms with Crippen molar-refractivity contribution >= 4 is 21.5 Å². The molecule has 0 fully saturated rings. The topological polar surface area (TPSA) is 0 Å². The maximum absolute atomic E-state index is 2.42. The van der Waals surface area contributed by atoms with E-state index in [9.17, 15) is 0 Å². The van der Waals surface area contributed by atoms with Crippen LogP contribution in [0, 0.1) is 0 Å². The smallest absolute Gasteiger partial charge is 0.0159 e. The molecule has 0 aliphatic heterocycles. The van der Waals surface area contributed by atoms with Crippen molar-refractivity contribution in [3.05, 3.63) is 230 Å². The van der Waals surface area contributed by atoms with E-state index in [0.29, 0.717) is 0 Å². The van der Waals surface area contributed by atoms with Gasteiger partial charge in [0.25, 0.3) is 0 Å². The molecular formula is C59H42. The molecule has 0 nitrogen and oxygen atoms in total. The van der Waals surface area contributed by atoms with Gasteiger partial charge in [0.2, 0.25) is 0 Å². The SMILES string of the molecule is CC1(C)c2cc(-c3ccc(-c4ccc(-c5ccc(-c6ccc7ccccc7c6)cc5)cc4)cc3)ccc2-c2ccc(-c3ccc(-c4ccc5ccccc5c4)cc3)cc21. The third-order valence-corrected chi connectivity index (χ3v) is 12.7. The summed E-state index contributed by atoms with van der Waals surface area (Å²) in [6, 6.07) is 80.6. The fraction of sp³-hybridized carbons (Fsp3) is 0.0508. The van der Waals surface area contributed by atoms with E-state index in [0.717, 1.165) is 0 Å². The molecule has 278 valence electrons. The van der Waals surface area contributed by atoms with Gasteiger partial charge in [0.1, 0.15) is 0 Å². The van der Waals surface area contributed by atoms with Crippen LogP contribution in [-0.4, -0.2) is 0 Å². The van der Waals surface area contributed by atoms with Gasteiger partial charge in [-0.3, -0.25) is 0 Å². The van der Waals surface area contributed by atoms with Gasteiger partial charge < -0.3 is 0 Å². The molecule has 0 heteroatoms. The predicted molar refractivity (Wildman–Crippen MR) is 252 cm³/mol. The highest BCUT2D eigenvalue weighted by Crippen LogP contribution is 2.51. The van der Waals surface area contributed by atoms with E-state index in [1.807, 2.05) is 0 Å². The Balaban J connectivity index is 0.799. The maximum Gasteiger partial charge on any atom is 0.0159 e. The van der Waals surface area contributed by atoms with Crippen LogP contribution in [0.2, 0.25) is 0 Å². The van der Waals surface area contributed by atoms with Crippen molar-refractivity contribution in [1.29, 1.82) is 0 Å². The quantitative estimate of drug-likeness (QED) is 0.159. The Morgan fingerprint density at radius 3 is 0.780 bits per heavy atom. The molecule has 0 saturated heterocycles. The zero-order valence-electron chi connectivity index (χ0n) is 33.3. The first-order chi connectivity index (χ1) is 28.9. The van der Waals surface area contributed by atoms with Gasteiger partial charge in [-0.1, -0.05) is 208 Å². The minimum atomic E-state index is -0.111. The number of fused-ring (bicyclic) bond motifs is 5. The summed E-state index contributed by atoms with van der Waals surface area (Å²) in [6.07, 6.45) is 0. The van der Waals surface area contributed by atoms with E-state index in [1.54, 1.807) is 0 Å². The lowest BCUT2D eigenvalue weighted by atomic mass is 9.80. The largest absolute Gasteiger partial charge is 0.0616 e. The second-order valence-electron chi connectivity index (χ2n) is 16.6. The van der Waals surface area contributed by atoms with Crippen LogP contribution in [0.25, 0.3) is 99.4 Å². The monoisotopic (exact) mass is 750 g/mol. The summed E-state index contributed by atoms with van der Waals surface area (Å²) in [6.45, 7) is 4.75. The first-order valence-electron chi connectivity index (χ1n) is 20.6. The van der Waals surface area contributed by atoms with Crippen molar-refractivity contribution in [3.63, 3.8) is 0 Å². The molecule has 59 heavy (non-hydrogen) atoms. The second-order valence-corrected chi connectivity index (χ2v) is 16.6. The van der Waals surface area contributed by atoms with Crippen LogP contribution in [0.5, 0.6) is 0 Å². The lowest BCUT2D eigenvalue weighted by Gasteiger charge is -2.22. The summed E-state index contributed by atoms with van der Waals surface area (Å²) in [5.41, 5.74) is 20.2.